The normalized spacial score (nSPS) is 22.5. The molecule has 3 heteroatoms. The molecular formula is C18H27NO2. The third kappa shape index (κ3) is 4.57. The third-order valence-corrected chi connectivity index (χ3v) is 4.31. The third-order valence-electron chi connectivity index (χ3n) is 4.31. The summed E-state index contributed by atoms with van der Waals surface area (Å²) in [6.45, 7) is 4.91. The Kier molecular flexibility index (Phi) is 6.24. The lowest BCUT2D eigenvalue weighted by atomic mass is 9.96. The van der Waals surface area contributed by atoms with Gasteiger partial charge >= 0.3 is 5.97 Å². The first-order valence-electron chi connectivity index (χ1n) is 8.24. The van der Waals surface area contributed by atoms with Crippen molar-refractivity contribution in [3.05, 3.63) is 35.9 Å². The summed E-state index contributed by atoms with van der Waals surface area (Å²) in [6.07, 6.45) is 7.35. The number of rotatable bonds is 8. The summed E-state index contributed by atoms with van der Waals surface area (Å²) in [4.78, 5) is 17.3. The Balaban J connectivity index is 1.87. The predicted molar refractivity (Wildman–Crippen MR) is 84.4 cm³/mol. The average molecular weight is 289 g/mol. The van der Waals surface area contributed by atoms with Crippen molar-refractivity contribution in [2.24, 2.45) is 5.92 Å². The minimum atomic E-state index is -0.0792. The number of nitrogens with zero attached hydrogens (tertiary/aromatic N) is 1. The van der Waals surface area contributed by atoms with Gasteiger partial charge in [-0.05, 0) is 12.0 Å². The zero-order chi connectivity index (χ0) is 15.1. The Morgan fingerprint density at radius 3 is 2.52 bits per heavy atom. The fraction of sp³-hybridized carbons (Fsp3) is 0.611. The summed E-state index contributed by atoms with van der Waals surface area (Å²) < 4.78 is 0. The highest BCUT2D eigenvalue weighted by Gasteiger charge is 2.39. The van der Waals surface area contributed by atoms with Crippen LogP contribution in [0.15, 0.2) is 30.3 Å². The Hall–Kier alpha value is -1.35. The van der Waals surface area contributed by atoms with Crippen molar-refractivity contribution in [2.45, 2.75) is 65.0 Å². The second-order valence-electron chi connectivity index (χ2n) is 6.03. The van der Waals surface area contributed by atoms with Crippen LogP contribution in [0.3, 0.4) is 0 Å². The van der Waals surface area contributed by atoms with E-state index >= 15 is 0 Å². The van der Waals surface area contributed by atoms with E-state index in [9.17, 15) is 4.79 Å². The van der Waals surface area contributed by atoms with Crippen LogP contribution < -0.4 is 0 Å². The summed E-state index contributed by atoms with van der Waals surface area (Å²) in [5, 5.41) is 1.89. The molecule has 1 aliphatic rings. The molecular weight excluding hydrogens is 262 g/mol. The summed E-state index contributed by atoms with van der Waals surface area (Å²) >= 11 is 0. The van der Waals surface area contributed by atoms with E-state index in [1.54, 1.807) is 0 Å². The fourth-order valence-corrected chi connectivity index (χ4v) is 2.94. The van der Waals surface area contributed by atoms with Crippen molar-refractivity contribution in [1.29, 1.82) is 0 Å². The van der Waals surface area contributed by atoms with Gasteiger partial charge in [0, 0.05) is 0 Å². The maximum absolute atomic E-state index is 11.9. The topological polar surface area (TPSA) is 29.5 Å². The molecule has 1 aliphatic heterocycles. The van der Waals surface area contributed by atoms with Crippen LogP contribution in [0.5, 0.6) is 0 Å². The molecule has 1 aromatic rings. The van der Waals surface area contributed by atoms with Gasteiger partial charge in [-0.15, -0.1) is 5.06 Å². The Bertz CT molecular complexity index is 432. The lowest BCUT2D eigenvalue weighted by Gasteiger charge is -2.22. The highest BCUT2D eigenvalue weighted by Crippen LogP contribution is 2.28. The van der Waals surface area contributed by atoms with E-state index < -0.39 is 0 Å². The van der Waals surface area contributed by atoms with Gasteiger partial charge < -0.3 is 4.84 Å². The molecule has 0 aliphatic carbocycles. The van der Waals surface area contributed by atoms with E-state index in [-0.39, 0.29) is 17.9 Å². The predicted octanol–water partition coefficient (Wildman–Crippen LogP) is 4.33. The lowest BCUT2D eigenvalue weighted by Crippen LogP contribution is -2.30. The van der Waals surface area contributed by atoms with E-state index in [0.717, 1.165) is 6.42 Å². The van der Waals surface area contributed by atoms with E-state index in [1.165, 1.54) is 37.7 Å². The van der Waals surface area contributed by atoms with Gasteiger partial charge in [0.2, 0.25) is 0 Å². The molecule has 1 aromatic carbocycles. The van der Waals surface area contributed by atoms with Crippen molar-refractivity contribution in [1.82, 2.24) is 5.06 Å². The standard InChI is InChI=1S/C18H27NO2/c1-3-4-5-6-10-13-17-15(2)18(20)21-19(17)14-16-11-8-7-9-12-16/h7-9,11-12,15,17H,3-6,10,13-14H2,1-2H3/t15-,17-/m1/s1. The van der Waals surface area contributed by atoms with Crippen LogP contribution in [0.25, 0.3) is 0 Å². The first-order valence-corrected chi connectivity index (χ1v) is 8.24. The molecule has 0 radical (unpaired) electrons. The van der Waals surface area contributed by atoms with Crippen molar-refractivity contribution in [3.8, 4) is 0 Å². The average Bonchev–Trinajstić information content (AvgIpc) is 2.75. The number of unbranched alkanes of at least 4 members (excludes halogenated alkanes) is 4. The summed E-state index contributed by atoms with van der Waals surface area (Å²) in [5.74, 6) is -0.0932. The number of hydroxylamine groups is 2. The first-order chi connectivity index (χ1) is 10.2. The number of benzene rings is 1. The van der Waals surface area contributed by atoms with Crippen molar-refractivity contribution in [2.75, 3.05) is 0 Å². The van der Waals surface area contributed by atoms with Gasteiger partial charge in [0.15, 0.2) is 0 Å². The summed E-state index contributed by atoms with van der Waals surface area (Å²) in [7, 11) is 0. The molecule has 2 atom stereocenters. The molecule has 116 valence electrons. The lowest BCUT2D eigenvalue weighted by molar-refractivity contribution is -0.178. The largest absolute Gasteiger partial charge is 0.367 e. The van der Waals surface area contributed by atoms with Gasteiger partial charge in [-0.1, -0.05) is 76.3 Å². The van der Waals surface area contributed by atoms with Crippen molar-refractivity contribution in [3.63, 3.8) is 0 Å². The first kappa shape index (κ1) is 16.0. The minimum Gasteiger partial charge on any atom is -0.367 e. The molecule has 0 spiro atoms. The second-order valence-corrected chi connectivity index (χ2v) is 6.03. The SMILES string of the molecule is CCCCCCC[C@@H]1[C@@H](C)C(=O)ON1Cc1ccccc1. The molecule has 1 heterocycles. The molecule has 0 aromatic heterocycles. The molecule has 1 saturated heterocycles. The van der Waals surface area contributed by atoms with Gasteiger partial charge in [-0.3, -0.25) is 0 Å². The monoisotopic (exact) mass is 289 g/mol. The molecule has 2 rings (SSSR count). The minimum absolute atomic E-state index is 0.0140. The maximum atomic E-state index is 11.9. The Morgan fingerprint density at radius 1 is 1.10 bits per heavy atom. The van der Waals surface area contributed by atoms with Crippen LogP contribution in [0.4, 0.5) is 0 Å². The highest BCUT2D eigenvalue weighted by atomic mass is 16.7. The van der Waals surface area contributed by atoms with Crippen molar-refractivity contribution >= 4 is 5.97 Å². The zero-order valence-electron chi connectivity index (χ0n) is 13.3. The number of carbonyl (C=O) groups is 1. The van der Waals surface area contributed by atoms with Crippen LogP contribution in [0.1, 0.15) is 57.9 Å². The van der Waals surface area contributed by atoms with Crippen LogP contribution in [0, 0.1) is 5.92 Å². The molecule has 0 N–H and O–H groups in total. The van der Waals surface area contributed by atoms with Gasteiger partial charge in [0.1, 0.15) is 0 Å². The van der Waals surface area contributed by atoms with Crippen LogP contribution >= 0.6 is 0 Å². The Morgan fingerprint density at radius 2 is 1.81 bits per heavy atom. The van der Waals surface area contributed by atoms with E-state index in [2.05, 4.69) is 19.1 Å². The van der Waals surface area contributed by atoms with Gasteiger partial charge in [0.05, 0.1) is 18.5 Å². The zero-order valence-corrected chi connectivity index (χ0v) is 13.3. The molecule has 0 unspecified atom stereocenters. The van der Waals surface area contributed by atoms with Crippen LogP contribution in [-0.4, -0.2) is 17.1 Å². The molecule has 0 bridgehead atoms. The van der Waals surface area contributed by atoms with E-state index in [4.69, 9.17) is 4.84 Å². The molecule has 1 fully saturated rings. The number of hydrogen-bond acceptors (Lipinski definition) is 3. The van der Waals surface area contributed by atoms with E-state index in [1.807, 2.05) is 30.2 Å². The second kappa shape index (κ2) is 8.18. The molecule has 0 saturated carbocycles. The van der Waals surface area contributed by atoms with Crippen molar-refractivity contribution < 1.29 is 9.63 Å². The summed E-state index contributed by atoms with van der Waals surface area (Å²) in [5.41, 5.74) is 1.19. The molecule has 21 heavy (non-hydrogen) atoms. The fourth-order valence-electron chi connectivity index (χ4n) is 2.94. The Labute approximate surface area is 128 Å². The maximum Gasteiger partial charge on any atom is 0.329 e. The quantitative estimate of drug-likeness (QED) is 0.667. The van der Waals surface area contributed by atoms with E-state index in [0.29, 0.717) is 6.54 Å². The van der Waals surface area contributed by atoms with Gasteiger partial charge in [-0.2, -0.15) is 0 Å². The highest BCUT2D eigenvalue weighted by molar-refractivity contribution is 5.74. The number of hydrogen-bond donors (Lipinski definition) is 0. The smallest absolute Gasteiger partial charge is 0.329 e. The van der Waals surface area contributed by atoms with Gasteiger partial charge in [-0.25, -0.2) is 4.79 Å². The number of carbonyl (C=O) groups excluding carboxylic acids is 1. The summed E-state index contributed by atoms with van der Waals surface area (Å²) in [6, 6.07) is 10.4. The van der Waals surface area contributed by atoms with Crippen LogP contribution in [-0.2, 0) is 16.2 Å². The van der Waals surface area contributed by atoms with Gasteiger partial charge in [0.25, 0.3) is 0 Å². The van der Waals surface area contributed by atoms with Crippen LogP contribution in [0.2, 0.25) is 0 Å². The molecule has 3 nitrogen and oxygen atoms in total. The molecule has 0 amide bonds.